The monoisotopic (exact) mass is 406 g/mol. The summed E-state index contributed by atoms with van der Waals surface area (Å²) in [5.74, 6) is -0.573. The number of carbonyl (C=O) groups excluding carboxylic acids is 1. The molecule has 0 atom stereocenters. The summed E-state index contributed by atoms with van der Waals surface area (Å²) in [5, 5.41) is 0.279. The molecule has 148 valence electrons. The van der Waals surface area contributed by atoms with E-state index in [4.69, 9.17) is 18.4 Å². The lowest BCUT2D eigenvalue weighted by molar-refractivity contribution is 0.0526. The number of esters is 1. The van der Waals surface area contributed by atoms with Crippen molar-refractivity contribution in [3.8, 4) is 11.5 Å². The van der Waals surface area contributed by atoms with Gasteiger partial charge in [-0.15, -0.1) is 0 Å². The summed E-state index contributed by atoms with van der Waals surface area (Å²) in [7, 11) is -4.81. The van der Waals surface area contributed by atoms with Crippen LogP contribution in [0.15, 0.2) is 46.9 Å². The number of furan rings is 1. The van der Waals surface area contributed by atoms with Gasteiger partial charge in [0.25, 0.3) is 0 Å². The SMILES string of the molecule is CCOC(=O)c1c(C)oc2cc(OCc3ccccc3)c(OS(=O)(=O)O)cc12. The van der Waals surface area contributed by atoms with Crippen molar-refractivity contribution < 1.29 is 35.8 Å². The highest BCUT2D eigenvalue weighted by Crippen LogP contribution is 2.37. The van der Waals surface area contributed by atoms with E-state index < -0.39 is 16.4 Å². The Morgan fingerprint density at radius 3 is 2.50 bits per heavy atom. The first-order valence-electron chi connectivity index (χ1n) is 8.36. The van der Waals surface area contributed by atoms with E-state index in [9.17, 15) is 13.2 Å². The van der Waals surface area contributed by atoms with Crippen molar-refractivity contribution in [2.75, 3.05) is 6.61 Å². The van der Waals surface area contributed by atoms with Gasteiger partial charge in [0.05, 0.1) is 6.61 Å². The molecule has 1 N–H and O–H groups in total. The Hall–Kier alpha value is -3.04. The van der Waals surface area contributed by atoms with Crippen LogP contribution < -0.4 is 8.92 Å². The van der Waals surface area contributed by atoms with Gasteiger partial charge in [-0.3, -0.25) is 4.55 Å². The van der Waals surface area contributed by atoms with Crippen LogP contribution in [0.25, 0.3) is 11.0 Å². The average molecular weight is 406 g/mol. The van der Waals surface area contributed by atoms with Gasteiger partial charge >= 0.3 is 16.4 Å². The molecule has 0 fully saturated rings. The van der Waals surface area contributed by atoms with E-state index in [1.54, 1.807) is 13.8 Å². The van der Waals surface area contributed by atoms with E-state index in [0.29, 0.717) is 5.76 Å². The molecule has 0 bridgehead atoms. The summed E-state index contributed by atoms with van der Waals surface area (Å²) in [6.45, 7) is 3.54. The average Bonchev–Trinajstić information content (AvgIpc) is 2.94. The van der Waals surface area contributed by atoms with Crippen molar-refractivity contribution in [3.05, 3.63) is 59.4 Å². The summed E-state index contributed by atoms with van der Waals surface area (Å²) < 4.78 is 52.5. The molecule has 1 heterocycles. The van der Waals surface area contributed by atoms with E-state index in [0.717, 1.165) is 5.56 Å². The van der Waals surface area contributed by atoms with Gasteiger partial charge in [0.2, 0.25) is 0 Å². The van der Waals surface area contributed by atoms with Crippen molar-refractivity contribution in [2.24, 2.45) is 0 Å². The van der Waals surface area contributed by atoms with Crippen molar-refractivity contribution in [3.63, 3.8) is 0 Å². The minimum Gasteiger partial charge on any atom is -0.485 e. The number of aryl methyl sites for hydroxylation is 1. The Bertz CT molecular complexity index is 1100. The second-order valence-electron chi connectivity index (χ2n) is 5.83. The number of rotatable bonds is 7. The molecule has 9 heteroatoms. The van der Waals surface area contributed by atoms with E-state index in [1.807, 2.05) is 30.3 Å². The normalized spacial score (nSPS) is 11.4. The highest BCUT2D eigenvalue weighted by atomic mass is 32.3. The topological polar surface area (TPSA) is 112 Å². The lowest BCUT2D eigenvalue weighted by Crippen LogP contribution is -2.09. The maximum atomic E-state index is 12.2. The van der Waals surface area contributed by atoms with Crippen LogP contribution in [0.3, 0.4) is 0 Å². The van der Waals surface area contributed by atoms with Crippen LogP contribution in [-0.4, -0.2) is 25.5 Å². The lowest BCUT2D eigenvalue weighted by Gasteiger charge is -2.11. The third kappa shape index (κ3) is 4.44. The number of hydrogen-bond donors (Lipinski definition) is 1. The van der Waals surface area contributed by atoms with Crippen LogP contribution in [0.2, 0.25) is 0 Å². The lowest BCUT2D eigenvalue weighted by atomic mass is 10.1. The van der Waals surface area contributed by atoms with Crippen LogP contribution >= 0.6 is 0 Å². The van der Waals surface area contributed by atoms with Crippen molar-refractivity contribution in [1.29, 1.82) is 0 Å². The quantitative estimate of drug-likeness (QED) is 0.467. The smallest absolute Gasteiger partial charge is 0.446 e. The molecule has 0 spiro atoms. The Morgan fingerprint density at radius 2 is 1.86 bits per heavy atom. The molecule has 28 heavy (non-hydrogen) atoms. The first-order valence-corrected chi connectivity index (χ1v) is 9.73. The Balaban J connectivity index is 2.06. The molecule has 0 aliphatic rings. The number of carbonyl (C=O) groups is 1. The second kappa shape index (κ2) is 7.91. The van der Waals surface area contributed by atoms with Gasteiger partial charge in [-0.2, -0.15) is 8.42 Å². The first-order chi connectivity index (χ1) is 13.3. The number of hydrogen-bond acceptors (Lipinski definition) is 7. The van der Waals surface area contributed by atoms with E-state index >= 15 is 0 Å². The van der Waals surface area contributed by atoms with Crippen LogP contribution in [-0.2, 0) is 21.7 Å². The highest BCUT2D eigenvalue weighted by molar-refractivity contribution is 7.81. The zero-order valence-corrected chi connectivity index (χ0v) is 16.0. The second-order valence-corrected chi connectivity index (χ2v) is 6.86. The van der Waals surface area contributed by atoms with Crippen molar-refractivity contribution in [2.45, 2.75) is 20.5 Å². The Kier molecular flexibility index (Phi) is 5.57. The van der Waals surface area contributed by atoms with Gasteiger partial charge in [-0.05, 0) is 25.5 Å². The molecular formula is C19H18O8S. The maximum Gasteiger partial charge on any atom is 0.446 e. The summed E-state index contributed by atoms with van der Waals surface area (Å²) >= 11 is 0. The fraction of sp³-hybridized carbons (Fsp3) is 0.211. The molecule has 3 aromatic rings. The molecule has 1 aromatic heterocycles. The summed E-state index contributed by atoms with van der Waals surface area (Å²) in [6.07, 6.45) is 0. The number of fused-ring (bicyclic) bond motifs is 1. The molecule has 0 aliphatic heterocycles. The molecule has 2 aromatic carbocycles. The molecule has 3 rings (SSSR count). The first kappa shape index (κ1) is 19.7. The van der Waals surface area contributed by atoms with Gasteiger partial charge in [0, 0.05) is 11.5 Å². The van der Waals surface area contributed by atoms with Crippen molar-refractivity contribution >= 4 is 27.3 Å². The van der Waals surface area contributed by atoms with Gasteiger partial charge in [0.1, 0.15) is 23.5 Å². The fourth-order valence-electron chi connectivity index (χ4n) is 2.71. The zero-order valence-electron chi connectivity index (χ0n) is 15.2. The molecule has 0 amide bonds. The third-order valence-corrected chi connectivity index (χ3v) is 4.23. The van der Waals surface area contributed by atoms with E-state index in [-0.39, 0.29) is 41.2 Å². The molecule has 0 unspecified atom stereocenters. The summed E-state index contributed by atoms with van der Waals surface area (Å²) in [6, 6.07) is 11.8. The van der Waals surface area contributed by atoms with Crippen LogP contribution in [0.1, 0.15) is 28.6 Å². The Morgan fingerprint density at radius 1 is 1.14 bits per heavy atom. The molecular weight excluding hydrogens is 388 g/mol. The van der Waals surface area contributed by atoms with Crippen LogP contribution in [0.4, 0.5) is 0 Å². The summed E-state index contributed by atoms with van der Waals surface area (Å²) in [5.41, 5.74) is 1.26. The predicted molar refractivity (Wildman–Crippen MR) is 99.9 cm³/mol. The van der Waals surface area contributed by atoms with E-state index in [1.165, 1.54) is 12.1 Å². The standard InChI is InChI=1S/C19H18O8S/c1-3-24-19(20)18-12(2)26-15-10-16(25-11-13-7-5-4-6-8-13)17(9-14(15)18)27-28(21,22)23/h4-10H,3,11H2,1-2H3,(H,21,22,23). The zero-order chi connectivity index (χ0) is 20.3. The molecule has 0 radical (unpaired) electrons. The highest BCUT2D eigenvalue weighted by Gasteiger charge is 2.23. The van der Waals surface area contributed by atoms with Gasteiger partial charge in [-0.1, -0.05) is 30.3 Å². The molecule has 0 aliphatic carbocycles. The van der Waals surface area contributed by atoms with Crippen LogP contribution in [0.5, 0.6) is 11.5 Å². The Labute approximate surface area is 161 Å². The largest absolute Gasteiger partial charge is 0.485 e. The van der Waals surface area contributed by atoms with Gasteiger partial charge < -0.3 is 18.1 Å². The predicted octanol–water partition coefficient (Wildman–Crippen LogP) is 3.68. The number of benzene rings is 2. The van der Waals surface area contributed by atoms with Gasteiger partial charge in [0.15, 0.2) is 11.5 Å². The third-order valence-electron chi connectivity index (χ3n) is 3.84. The molecule has 0 saturated heterocycles. The van der Waals surface area contributed by atoms with Crippen LogP contribution in [0, 0.1) is 6.92 Å². The minimum absolute atomic E-state index is 0.0261. The minimum atomic E-state index is -4.81. The van der Waals surface area contributed by atoms with E-state index in [2.05, 4.69) is 4.18 Å². The maximum absolute atomic E-state index is 12.2. The van der Waals surface area contributed by atoms with Gasteiger partial charge in [-0.25, -0.2) is 4.79 Å². The summed E-state index contributed by atoms with van der Waals surface area (Å²) in [4.78, 5) is 12.2. The van der Waals surface area contributed by atoms with Crippen molar-refractivity contribution in [1.82, 2.24) is 0 Å². The molecule has 0 saturated carbocycles. The molecule has 8 nitrogen and oxygen atoms in total. The number of ether oxygens (including phenoxy) is 2. The fourth-order valence-corrected chi connectivity index (χ4v) is 3.07.